The quantitative estimate of drug-likeness (QED) is 0.687. The lowest BCUT2D eigenvalue weighted by Gasteiger charge is -2.42. The number of hydrogen-bond donors (Lipinski definition) is 1. The van der Waals surface area contributed by atoms with Gasteiger partial charge in [0, 0.05) is 17.5 Å². The Morgan fingerprint density at radius 3 is 2.43 bits per heavy atom. The molecule has 0 heterocycles. The van der Waals surface area contributed by atoms with E-state index in [0.717, 1.165) is 30.7 Å². The van der Waals surface area contributed by atoms with E-state index in [1.807, 2.05) is 18.2 Å². The van der Waals surface area contributed by atoms with Gasteiger partial charge in [0.1, 0.15) is 0 Å². The minimum Gasteiger partial charge on any atom is -0.351 e. The topological polar surface area (TPSA) is 29.1 Å². The van der Waals surface area contributed by atoms with Crippen molar-refractivity contribution in [1.82, 2.24) is 5.32 Å². The van der Waals surface area contributed by atoms with E-state index in [2.05, 4.69) is 31.0 Å². The van der Waals surface area contributed by atoms with Gasteiger partial charge in [-0.25, -0.2) is 0 Å². The maximum atomic E-state index is 11.6. The van der Waals surface area contributed by atoms with Crippen LogP contribution in [0.15, 0.2) is 36.9 Å². The van der Waals surface area contributed by atoms with Crippen LogP contribution in [-0.4, -0.2) is 11.4 Å². The first-order chi connectivity index (χ1) is 10.9. The van der Waals surface area contributed by atoms with Crippen LogP contribution in [0.1, 0.15) is 63.9 Å². The Morgan fingerprint density at radius 1 is 1.30 bits per heavy atom. The fourth-order valence-corrected chi connectivity index (χ4v) is 4.10. The van der Waals surface area contributed by atoms with E-state index in [9.17, 15) is 4.79 Å². The summed E-state index contributed by atoms with van der Waals surface area (Å²) in [6.07, 6.45) is 8.51. The molecule has 3 heteroatoms. The van der Waals surface area contributed by atoms with Gasteiger partial charge in [-0.2, -0.15) is 0 Å². The van der Waals surface area contributed by atoms with Crippen LogP contribution in [0.4, 0.5) is 0 Å². The summed E-state index contributed by atoms with van der Waals surface area (Å²) in [6.45, 7) is 7.64. The Balaban J connectivity index is 2.01. The summed E-state index contributed by atoms with van der Waals surface area (Å²) in [7, 11) is 0. The number of allylic oxidation sites excluding steroid dienone is 1. The molecule has 126 valence electrons. The molecule has 0 aromatic heterocycles. The molecule has 1 fully saturated rings. The number of amides is 1. The molecule has 1 aliphatic rings. The van der Waals surface area contributed by atoms with Gasteiger partial charge in [-0.15, -0.1) is 6.58 Å². The molecule has 1 aromatic rings. The Hall–Kier alpha value is -1.28. The van der Waals surface area contributed by atoms with Gasteiger partial charge in [-0.1, -0.05) is 29.8 Å². The van der Waals surface area contributed by atoms with E-state index in [1.54, 1.807) is 6.92 Å². The van der Waals surface area contributed by atoms with Gasteiger partial charge in [0.05, 0.1) is 0 Å². The number of carbonyl (C=O) groups is 1. The van der Waals surface area contributed by atoms with E-state index in [1.165, 1.54) is 18.4 Å². The second-order valence-electron chi connectivity index (χ2n) is 7.03. The number of benzene rings is 1. The predicted octanol–water partition coefficient (Wildman–Crippen LogP) is 5.47. The van der Waals surface area contributed by atoms with Crippen molar-refractivity contribution in [1.29, 1.82) is 0 Å². The highest BCUT2D eigenvalue weighted by atomic mass is 35.5. The molecule has 0 spiro atoms. The molecular formula is C20H28ClNO. The number of nitrogens with one attached hydrogen (secondary N) is 1. The Morgan fingerprint density at radius 2 is 1.91 bits per heavy atom. The summed E-state index contributed by atoms with van der Waals surface area (Å²) in [5.41, 5.74) is 1.27. The standard InChI is InChI=1S/C20H28ClNO/c1-4-5-14-20(3,22-15(2)23)18-10-6-16(7-11-18)17-8-12-19(21)13-9-17/h4,8-9,12-13,16,18H,1,5-7,10-11,14H2,2-3H3,(H,22,23). The van der Waals surface area contributed by atoms with Gasteiger partial charge in [0.25, 0.3) is 0 Å². The van der Waals surface area contributed by atoms with Crippen LogP contribution < -0.4 is 5.32 Å². The second kappa shape index (κ2) is 8.01. The first kappa shape index (κ1) is 18.1. The minimum absolute atomic E-state index is 0.0661. The minimum atomic E-state index is -0.120. The van der Waals surface area contributed by atoms with Crippen LogP contribution in [-0.2, 0) is 4.79 Å². The molecular weight excluding hydrogens is 306 g/mol. The molecule has 23 heavy (non-hydrogen) atoms. The summed E-state index contributed by atoms with van der Waals surface area (Å²) in [5.74, 6) is 1.22. The molecule has 1 saturated carbocycles. The number of hydrogen-bond acceptors (Lipinski definition) is 1. The zero-order valence-corrected chi connectivity index (χ0v) is 15.0. The van der Waals surface area contributed by atoms with E-state index in [4.69, 9.17) is 11.6 Å². The molecule has 0 aliphatic heterocycles. The Labute approximate surface area is 145 Å². The molecule has 0 radical (unpaired) electrons. The van der Waals surface area contributed by atoms with E-state index >= 15 is 0 Å². The monoisotopic (exact) mass is 333 g/mol. The van der Waals surface area contributed by atoms with Crippen LogP contribution in [0.25, 0.3) is 0 Å². The highest BCUT2D eigenvalue weighted by Crippen LogP contribution is 2.41. The molecule has 2 nitrogen and oxygen atoms in total. The van der Waals surface area contributed by atoms with Gasteiger partial charge < -0.3 is 5.32 Å². The lowest BCUT2D eigenvalue weighted by molar-refractivity contribution is -0.121. The zero-order chi connectivity index (χ0) is 16.9. The number of rotatable bonds is 6. The molecule has 1 aromatic carbocycles. The lowest BCUT2D eigenvalue weighted by Crippen LogP contribution is -2.51. The largest absolute Gasteiger partial charge is 0.351 e. The van der Waals surface area contributed by atoms with Crippen LogP contribution in [0, 0.1) is 5.92 Å². The molecule has 1 N–H and O–H groups in total. The smallest absolute Gasteiger partial charge is 0.217 e. The molecule has 1 unspecified atom stereocenters. The van der Waals surface area contributed by atoms with Crippen LogP contribution in [0.3, 0.4) is 0 Å². The van der Waals surface area contributed by atoms with E-state index in [-0.39, 0.29) is 11.4 Å². The lowest BCUT2D eigenvalue weighted by atomic mass is 9.69. The van der Waals surface area contributed by atoms with Crippen molar-refractivity contribution in [3.05, 3.63) is 47.5 Å². The molecule has 0 saturated heterocycles. The van der Waals surface area contributed by atoms with Crippen molar-refractivity contribution in [2.45, 2.75) is 63.8 Å². The van der Waals surface area contributed by atoms with Crippen molar-refractivity contribution in [3.63, 3.8) is 0 Å². The summed E-state index contributed by atoms with van der Waals surface area (Å²) < 4.78 is 0. The zero-order valence-electron chi connectivity index (χ0n) is 14.3. The number of halogens is 1. The van der Waals surface area contributed by atoms with Crippen LogP contribution in [0.2, 0.25) is 5.02 Å². The molecule has 2 rings (SSSR count). The normalized spacial score (nSPS) is 23.8. The van der Waals surface area contributed by atoms with E-state index < -0.39 is 0 Å². The first-order valence-corrected chi connectivity index (χ1v) is 8.97. The highest BCUT2D eigenvalue weighted by molar-refractivity contribution is 6.30. The summed E-state index contributed by atoms with van der Waals surface area (Å²) in [4.78, 5) is 11.6. The maximum Gasteiger partial charge on any atom is 0.217 e. The van der Waals surface area contributed by atoms with Crippen molar-refractivity contribution >= 4 is 17.5 Å². The first-order valence-electron chi connectivity index (χ1n) is 8.59. The second-order valence-corrected chi connectivity index (χ2v) is 7.46. The van der Waals surface area contributed by atoms with Crippen LogP contribution in [0.5, 0.6) is 0 Å². The third-order valence-corrected chi connectivity index (χ3v) is 5.55. The fourth-order valence-electron chi connectivity index (χ4n) is 3.97. The predicted molar refractivity (Wildman–Crippen MR) is 97.8 cm³/mol. The van der Waals surface area contributed by atoms with Crippen molar-refractivity contribution in [3.8, 4) is 0 Å². The van der Waals surface area contributed by atoms with Crippen molar-refractivity contribution < 1.29 is 4.79 Å². The van der Waals surface area contributed by atoms with Gasteiger partial charge >= 0.3 is 0 Å². The third-order valence-electron chi connectivity index (χ3n) is 5.30. The molecule has 1 aliphatic carbocycles. The molecule has 1 amide bonds. The van der Waals surface area contributed by atoms with Crippen molar-refractivity contribution in [2.24, 2.45) is 5.92 Å². The fraction of sp³-hybridized carbons (Fsp3) is 0.550. The van der Waals surface area contributed by atoms with Gasteiger partial charge in [0.2, 0.25) is 5.91 Å². The van der Waals surface area contributed by atoms with Crippen molar-refractivity contribution in [2.75, 3.05) is 0 Å². The average Bonchev–Trinajstić information content (AvgIpc) is 2.53. The summed E-state index contributed by atoms with van der Waals surface area (Å²) in [6, 6.07) is 8.26. The number of carbonyl (C=O) groups excluding carboxylic acids is 1. The summed E-state index contributed by atoms with van der Waals surface area (Å²) >= 11 is 5.98. The van der Waals surface area contributed by atoms with E-state index in [0.29, 0.717) is 11.8 Å². The third kappa shape index (κ3) is 4.84. The SMILES string of the molecule is C=CCCC(C)(NC(C)=O)C1CCC(c2ccc(Cl)cc2)CC1. The average molecular weight is 334 g/mol. The van der Waals surface area contributed by atoms with Crippen LogP contribution >= 0.6 is 11.6 Å². The van der Waals surface area contributed by atoms with Gasteiger partial charge in [-0.3, -0.25) is 4.79 Å². The summed E-state index contributed by atoms with van der Waals surface area (Å²) in [5, 5.41) is 4.02. The molecule has 0 bridgehead atoms. The molecule has 1 atom stereocenters. The Kier molecular flexibility index (Phi) is 6.29. The Bertz CT molecular complexity index is 531. The van der Waals surface area contributed by atoms with Gasteiger partial charge in [0.15, 0.2) is 0 Å². The highest BCUT2D eigenvalue weighted by Gasteiger charge is 2.37. The maximum absolute atomic E-state index is 11.6. The van der Waals surface area contributed by atoms with Gasteiger partial charge in [-0.05, 0) is 75.0 Å².